The highest BCUT2D eigenvalue weighted by molar-refractivity contribution is 6.05. The summed E-state index contributed by atoms with van der Waals surface area (Å²) in [5.41, 5.74) is 3.04. The lowest BCUT2D eigenvalue weighted by atomic mass is 9.87. The minimum Gasteiger partial charge on any atom is -0.385 e. The monoisotopic (exact) mass is 353 g/mol. The second-order valence-electron chi connectivity index (χ2n) is 7.48. The summed E-state index contributed by atoms with van der Waals surface area (Å²) in [6, 6.07) is 8.31. The number of para-hydroxylation sites is 1. The Morgan fingerprint density at radius 2 is 2.12 bits per heavy atom. The molecular weight excluding hydrogens is 326 g/mol. The summed E-state index contributed by atoms with van der Waals surface area (Å²) in [6.45, 7) is 4.59. The second kappa shape index (κ2) is 7.23. The molecule has 0 fully saturated rings. The Labute approximate surface area is 155 Å². The number of aromatic nitrogens is 2. The molecule has 26 heavy (non-hydrogen) atoms. The van der Waals surface area contributed by atoms with Crippen molar-refractivity contribution in [1.29, 1.82) is 0 Å². The van der Waals surface area contributed by atoms with Gasteiger partial charge in [0.2, 0.25) is 0 Å². The summed E-state index contributed by atoms with van der Waals surface area (Å²) in [7, 11) is 1.74. The van der Waals surface area contributed by atoms with Crippen molar-refractivity contribution < 1.29 is 9.53 Å². The van der Waals surface area contributed by atoms with Gasteiger partial charge in [-0.3, -0.25) is 4.79 Å². The van der Waals surface area contributed by atoms with Crippen LogP contribution < -0.4 is 4.90 Å². The van der Waals surface area contributed by atoms with Crippen LogP contribution in [0.5, 0.6) is 0 Å². The number of nitrogens with zero attached hydrogens (tertiary/aromatic N) is 3. The molecule has 0 spiro atoms. The lowest BCUT2D eigenvalue weighted by Gasteiger charge is -2.34. The normalized spacial score (nSPS) is 22.0. The van der Waals surface area contributed by atoms with Gasteiger partial charge in [-0.2, -0.15) is 0 Å². The number of fused-ring (bicyclic) bond motifs is 2. The van der Waals surface area contributed by atoms with Crippen LogP contribution in [0.3, 0.4) is 0 Å². The van der Waals surface area contributed by atoms with Gasteiger partial charge >= 0.3 is 0 Å². The summed E-state index contributed by atoms with van der Waals surface area (Å²) < 4.78 is 7.41. The van der Waals surface area contributed by atoms with Crippen LogP contribution in [-0.4, -0.2) is 35.7 Å². The highest BCUT2D eigenvalue weighted by Crippen LogP contribution is 2.38. The van der Waals surface area contributed by atoms with E-state index in [0.29, 0.717) is 11.8 Å². The lowest BCUT2D eigenvalue weighted by Crippen LogP contribution is -2.38. The third-order valence-electron chi connectivity index (χ3n) is 5.85. The maximum atomic E-state index is 13.4. The molecular formula is C21H27N3O2. The Morgan fingerprint density at radius 3 is 2.96 bits per heavy atom. The SMILES string of the molecule is COCCC1CCN(C(=O)c2cnc3n2CCCC3C)c2ccccc21. The molecule has 0 aliphatic carbocycles. The number of imidazole rings is 1. The standard InChI is InChI=1S/C21H27N3O2/c1-15-6-5-11-23-19(14-22-20(15)23)21(25)24-12-9-16(10-13-26-2)17-7-3-4-8-18(17)24/h3-4,7-8,14-16H,5-6,9-13H2,1-2H3. The van der Waals surface area contributed by atoms with E-state index in [1.54, 1.807) is 13.3 Å². The first-order valence-electron chi connectivity index (χ1n) is 9.66. The Balaban J connectivity index is 1.65. The van der Waals surface area contributed by atoms with Gasteiger partial charge in [-0.05, 0) is 43.2 Å². The highest BCUT2D eigenvalue weighted by atomic mass is 16.5. The van der Waals surface area contributed by atoms with Crippen molar-refractivity contribution >= 4 is 11.6 Å². The van der Waals surface area contributed by atoms with Crippen molar-refractivity contribution in [3.05, 3.63) is 47.5 Å². The third kappa shape index (κ3) is 2.94. The highest BCUT2D eigenvalue weighted by Gasteiger charge is 2.32. The molecule has 2 atom stereocenters. The van der Waals surface area contributed by atoms with Crippen LogP contribution in [0.1, 0.15) is 66.3 Å². The molecule has 2 unspecified atom stereocenters. The number of benzene rings is 1. The number of methoxy groups -OCH3 is 1. The molecule has 5 nitrogen and oxygen atoms in total. The molecule has 138 valence electrons. The van der Waals surface area contributed by atoms with Crippen molar-refractivity contribution in [2.75, 3.05) is 25.2 Å². The van der Waals surface area contributed by atoms with E-state index in [1.807, 2.05) is 11.0 Å². The Morgan fingerprint density at radius 1 is 1.27 bits per heavy atom. The molecule has 2 aliphatic heterocycles. The fourth-order valence-corrected chi connectivity index (χ4v) is 4.42. The quantitative estimate of drug-likeness (QED) is 0.836. The average molecular weight is 353 g/mol. The van der Waals surface area contributed by atoms with Crippen molar-refractivity contribution in [1.82, 2.24) is 9.55 Å². The fraction of sp³-hybridized carbons (Fsp3) is 0.524. The summed E-state index contributed by atoms with van der Waals surface area (Å²) in [6.07, 6.45) is 6.01. The van der Waals surface area contributed by atoms with Crippen LogP contribution in [0.25, 0.3) is 0 Å². The van der Waals surface area contributed by atoms with Crippen molar-refractivity contribution in [2.45, 2.75) is 51.0 Å². The maximum Gasteiger partial charge on any atom is 0.276 e. The number of ether oxygens (including phenoxy) is 1. The zero-order valence-electron chi connectivity index (χ0n) is 15.6. The van der Waals surface area contributed by atoms with Gasteiger partial charge in [0.25, 0.3) is 5.91 Å². The molecule has 0 saturated heterocycles. The number of amides is 1. The molecule has 0 radical (unpaired) electrons. The van der Waals surface area contributed by atoms with Crippen molar-refractivity contribution in [2.24, 2.45) is 0 Å². The molecule has 2 aromatic rings. The first kappa shape index (κ1) is 17.3. The lowest BCUT2D eigenvalue weighted by molar-refractivity contribution is 0.0973. The molecule has 4 rings (SSSR count). The summed E-state index contributed by atoms with van der Waals surface area (Å²) in [5, 5.41) is 0. The zero-order chi connectivity index (χ0) is 18.1. The van der Waals surface area contributed by atoms with E-state index in [1.165, 1.54) is 5.56 Å². The largest absolute Gasteiger partial charge is 0.385 e. The summed E-state index contributed by atoms with van der Waals surface area (Å²) in [5.74, 6) is 2.02. The van der Waals surface area contributed by atoms with Gasteiger partial charge in [-0.25, -0.2) is 4.98 Å². The predicted molar refractivity (Wildman–Crippen MR) is 102 cm³/mol. The topological polar surface area (TPSA) is 47.4 Å². The molecule has 1 aromatic carbocycles. The van der Waals surface area contributed by atoms with E-state index in [2.05, 4.69) is 34.7 Å². The van der Waals surface area contributed by atoms with Crippen LogP contribution in [0.15, 0.2) is 30.5 Å². The van der Waals surface area contributed by atoms with Crippen LogP contribution in [0.4, 0.5) is 5.69 Å². The van der Waals surface area contributed by atoms with Gasteiger partial charge in [0, 0.05) is 38.4 Å². The molecule has 0 saturated carbocycles. The number of carbonyl (C=O) groups is 1. The molecule has 2 aliphatic rings. The number of anilines is 1. The van der Waals surface area contributed by atoms with Crippen molar-refractivity contribution in [3.8, 4) is 0 Å². The molecule has 3 heterocycles. The molecule has 1 amide bonds. The minimum atomic E-state index is 0.0792. The second-order valence-corrected chi connectivity index (χ2v) is 7.48. The van der Waals surface area contributed by atoms with Crippen LogP contribution >= 0.6 is 0 Å². The van der Waals surface area contributed by atoms with Crippen LogP contribution in [0, 0.1) is 0 Å². The molecule has 0 bridgehead atoms. The molecule has 5 heteroatoms. The van der Waals surface area contributed by atoms with Gasteiger partial charge in [0.05, 0.1) is 6.20 Å². The average Bonchev–Trinajstić information content (AvgIpc) is 3.11. The Kier molecular flexibility index (Phi) is 4.81. The number of carbonyl (C=O) groups excluding carboxylic acids is 1. The van der Waals surface area contributed by atoms with Crippen molar-refractivity contribution in [3.63, 3.8) is 0 Å². The van der Waals surface area contributed by atoms with E-state index in [0.717, 1.165) is 62.6 Å². The summed E-state index contributed by atoms with van der Waals surface area (Å²) in [4.78, 5) is 19.9. The molecule has 1 aromatic heterocycles. The van der Waals surface area contributed by atoms with Gasteiger partial charge in [0.15, 0.2) is 0 Å². The molecule has 0 N–H and O–H groups in total. The Hall–Kier alpha value is -2.14. The first-order valence-corrected chi connectivity index (χ1v) is 9.66. The van der Waals surface area contributed by atoms with E-state index < -0.39 is 0 Å². The van der Waals surface area contributed by atoms with Gasteiger partial charge < -0.3 is 14.2 Å². The number of rotatable bonds is 4. The predicted octanol–water partition coefficient (Wildman–Crippen LogP) is 3.95. The minimum absolute atomic E-state index is 0.0792. The van der Waals surface area contributed by atoms with E-state index in [4.69, 9.17) is 4.74 Å². The van der Waals surface area contributed by atoms with Gasteiger partial charge in [-0.1, -0.05) is 25.1 Å². The van der Waals surface area contributed by atoms with E-state index in [-0.39, 0.29) is 5.91 Å². The van der Waals surface area contributed by atoms with Crippen LogP contribution in [0.2, 0.25) is 0 Å². The maximum absolute atomic E-state index is 13.4. The summed E-state index contributed by atoms with van der Waals surface area (Å²) >= 11 is 0. The van der Waals surface area contributed by atoms with Gasteiger partial charge in [0.1, 0.15) is 11.5 Å². The number of hydrogen-bond acceptors (Lipinski definition) is 3. The fourth-order valence-electron chi connectivity index (χ4n) is 4.42. The number of hydrogen-bond donors (Lipinski definition) is 0. The van der Waals surface area contributed by atoms with Gasteiger partial charge in [-0.15, -0.1) is 0 Å². The third-order valence-corrected chi connectivity index (χ3v) is 5.85. The Bertz CT molecular complexity index is 798. The van der Waals surface area contributed by atoms with Crippen LogP contribution in [-0.2, 0) is 11.3 Å². The first-order chi connectivity index (χ1) is 12.7. The zero-order valence-corrected chi connectivity index (χ0v) is 15.6. The van der Waals surface area contributed by atoms with E-state index >= 15 is 0 Å². The smallest absolute Gasteiger partial charge is 0.276 e. The van der Waals surface area contributed by atoms with E-state index in [9.17, 15) is 4.79 Å².